The predicted molar refractivity (Wildman–Crippen MR) is 130 cm³/mol. The summed E-state index contributed by atoms with van der Waals surface area (Å²) < 4.78 is 14.0. The van der Waals surface area contributed by atoms with E-state index in [0.29, 0.717) is 45.9 Å². The molecule has 0 radical (unpaired) electrons. The molecule has 0 saturated carbocycles. The molecule has 0 aliphatic heterocycles. The summed E-state index contributed by atoms with van der Waals surface area (Å²) >= 11 is 0. The molecule has 4 nitrogen and oxygen atoms in total. The number of hydrogen-bond acceptors (Lipinski definition) is 4. The summed E-state index contributed by atoms with van der Waals surface area (Å²) in [6.45, 7) is 31.1. The molecule has 0 unspecified atom stereocenters. The Morgan fingerprint density at radius 3 is 1.18 bits per heavy atom. The summed E-state index contributed by atoms with van der Waals surface area (Å²) in [5.41, 5.74) is 0. The van der Waals surface area contributed by atoms with Gasteiger partial charge in [-0.05, 0) is 0 Å². The molecule has 0 aromatic heterocycles. The van der Waals surface area contributed by atoms with Crippen LogP contribution in [-0.2, 0) is 4.52 Å². The molecule has 0 aromatic rings. The minimum absolute atomic E-state index is 0.709. The van der Waals surface area contributed by atoms with Crippen molar-refractivity contribution in [3.8, 4) is 0 Å². The van der Waals surface area contributed by atoms with Gasteiger partial charge in [0.15, 0.2) is 0 Å². The van der Waals surface area contributed by atoms with Gasteiger partial charge in [-0.1, -0.05) is 0 Å². The van der Waals surface area contributed by atoms with Crippen LogP contribution in [0.3, 0.4) is 0 Å². The van der Waals surface area contributed by atoms with Gasteiger partial charge in [0.2, 0.25) is 0 Å². The number of unbranched alkanes of at least 4 members (excludes halogenated alkanes) is 2. The van der Waals surface area contributed by atoms with E-state index < -0.39 is 7.94 Å². The molecular formula is C23H42N3OP. The maximum atomic E-state index is 6.86. The third-order valence-corrected chi connectivity index (χ3v) is 8.53. The van der Waals surface area contributed by atoms with Gasteiger partial charge in [-0.3, -0.25) is 0 Å². The van der Waals surface area contributed by atoms with Crippen LogP contribution in [-0.4, -0.2) is 59.9 Å². The molecule has 0 rings (SSSR count). The minimum atomic E-state index is -2.79. The van der Waals surface area contributed by atoms with Crippen LogP contribution >= 0.6 is 7.94 Å². The van der Waals surface area contributed by atoms with Gasteiger partial charge in [-0.25, -0.2) is 0 Å². The Bertz CT molecular complexity index is 402. The van der Waals surface area contributed by atoms with Crippen molar-refractivity contribution >= 4 is 7.94 Å². The summed E-state index contributed by atoms with van der Waals surface area (Å²) in [7, 11) is -2.79. The number of nitrogens with zero attached hydrogens (tertiary/aromatic N) is 3. The predicted octanol–water partition coefficient (Wildman–Crippen LogP) is 5.63. The second-order valence-electron chi connectivity index (χ2n) is 6.58. The van der Waals surface area contributed by atoms with Crippen molar-refractivity contribution in [2.75, 3.05) is 45.9 Å². The topological polar surface area (TPSA) is 19.0 Å². The fourth-order valence-corrected chi connectivity index (χ4v) is 7.67. The van der Waals surface area contributed by atoms with Crippen molar-refractivity contribution in [1.82, 2.24) is 14.0 Å². The van der Waals surface area contributed by atoms with Gasteiger partial charge in [0, 0.05) is 0 Å². The van der Waals surface area contributed by atoms with Crippen LogP contribution in [0.25, 0.3) is 0 Å². The molecule has 0 atom stereocenters. The average Bonchev–Trinajstić information content (AvgIpc) is 2.68. The Labute approximate surface area is 174 Å². The fourth-order valence-electron chi connectivity index (χ4n) is 3.31. The van der Waals surface area contributed by atoms with Gasteiger partial charge in [0.1, 0.15) is 0 Å². The third kappa shape index (κ3) is 7.98. The Morgan fingerprint density at radius 2 is 0.929 bits per heavy atom. The van der Waals surface area contributed by atoms with Crippen LogP contribution in [0.4, 0.5) is 0 Å². The van der Waals surface area contributed by atoms with Crippen molar-refractivity contribution in [3.63, 3.8) is 0 Å². The molecular weight excluding hydrogens is 365 g/mol. The van der Waals surface area contributed by atoms with Crippen molar-refractivity contribution in [1.29, 1.82) is 0 Å². The zero-order valence-electron chi connectivity index (χ0n) is 18.0. The van der Waals surface area contributed by atoms with Crippen LogP contribution < -0.4 is 0 Å². The van der Waals surface area contributed by atoms with Crippen LogP contribution in [0.5, 0.6) is 0 Å². The maximum absolute atomic E-state index is 6.86. The van der Waals surface area contributed by atoms with Crippen molar-refractivity contribution in [2.24, 2.45) is 0 Å². The van der Waals surface area contributed by atoms with E-state index in [-0.39, 0.29) is 0 Å². The molecule has 0 bridgehead atoms. The molecule has 160 valence electrons. The zero-order chi connectivity index (χ0) is 21.3. The molecule has 5 heteroatoms. The average molecular weight is 408 g/mol. The molecule has 0 aliphatic carbocycles. The summed E-state index contributed by atoms with van der Waals surface area (Å²) in [5, 5.41) is 0. The molecule has 28 heavy (non-hydrogen) atoms. The van der Waals surface area contributed by atoms with E-state index in [9.17, 15) is 0 Å². The van der Waals surface area contributed by atoms with Crippen LogP contribution in [0.1, 0.15) is 26.2 Å². The Balaban J connectivity index is 6.42. The summed E-state index contributed by atoms with van der Waals surface area (Å²) in [4.78, 5) is 0. The van der Waals surface area contributed by atoms with Gasteiger partial charge >= 0.3 is 174 Å². The van der Waals surface area contributed by atoms with E-state index >= 15 is 0 Å². The first kappa shape index (κ1) is 26.7. The van der Waals surface area contributed by atoms with Gasteiger partial charge in [-0.15, -0.1) is 0 Å². The standard InChI is InChI=1S/C23H42N3OP/c1-8-15-16-23-27-28(24(17-9-2)18-10-3,25(19-11-4)20-12-5)26(21-13-6)22-14-7/h9-14,28H,2-8,15-23H2,1H3. The Kier molecular flexibility index (Phi) is 15.9. The first-order chi connectivity index (χ1) is 13.6. The van der Waals surface area contributed by atoms with Crippen LogP contribution in [0, 0.1) is 0 Å². The van der Waals surface area contributed by atoms with E-state index in [2.05, 4.69) is 60.4 Å². The van der Waals surface area contributed by atoms with E-state index in [4.69, 9.17) is 4.52 Å². The summed E-state index contributed by atoms with van der Waals surface area (Å²) in [5.74, 6) is 0. The molecule has 0 aromatic carbocycles. The monoisotopic (exact) mass is 407 g/mol. The molecule has 0 spiro atoms. The molecule has 0 heterocycles. The SMILES string of the molecule is C=CCN(CC=C)[PH](OCCCCC)(N(CC=C)CC=C)N(CC=C)CC=C. The molecule has 0 saturated heterocycles. The summed E-state index contributed by atoms with van der Waals surface area (Å²) in [6.07, 6.45) is 14.9. The van der Waals surface area contributed by atoms with Crippen molar-refractivity contribution in [3.05, 3.63) is 75.9 Å². The Hall–Kier alpha value is -1.29. The Morgan fingerprint density at radius 1 is 0.607 bits per heavy atom. The van der Waals surface area contributed by atoms with E-state index in [0.717, 1.165) is 19.3 Å². The number of hydrogen-bond donors (Lipinski definition) is 0. The van der Waals surface area contributed by atoms with E-state index in [1.165, 1.54) is 0 Å². The third-order valence-electron chi connectivity index (χ3n) is 4.38. The molecule has 0 N–H and O–H groups in total. The van der Waals surface area contributed by atoms with E-state index in [1.807, 2.05) is 36.5 Å². The first-order valence-corrected chi connectivity index (χ1v) is 11.9. The van der Waals surface area contributed by atoms with Crippen molar-refractivity contribution < 1.29 is 4.52 Å². The summed E-state index contributed by atoms with van der Waals surface area (Å²) in [6, 6.07) is 0. The van der Waals surface area contributed by atoms with Gasteiger partial charge < -0.3 is 0 Å². The van der Waals surface area contributed by atoms with E-state index in [1.54, 1.807) is 0 Å². The van der Waals surface area contributed by atoms with Gasteiger partial charge in [-0.2, -0.15) is 0 Å². The van der Waals surface area contributed by atoms with Gasteiger partial charge in [0.05, 0.1) is 0 Å². The van der Waals surface area contributed by atoms with Crippen LogP contribution in [0.15, 0.2) is 75.9 Å². The van der Waals surface area contributed by atoms with Gasteiger partial charge in [0.25, 0.3) is 0 Å². The molecule has 0 amide bonds. The zero-order valence-corrected chi connectivity index (χ0v) is 19.0. The first-order valence-electron chi connectivity index (χ1n) is 10.2. The second-order valence-corrected chi connectivity index (χ2v) is 9.91. The van der Waals surface area contributed by atoms with Crippen LogP contribution in [0.2, 0.25) is 0 Å². The fraction of sp³-hybridized carbons (Fsp3) is 0.478. The quantitative estimate of drug-likeness (QED) is 0.148. The molecule has 0 fully saturated rings. The van der Waals surface area contributed by atoms with Crippen molar-refractivity contribution in [2.45, 2.75) is 26.2 Å². The second kappa shape index (κ2) is 16.6. The number of rotatable bonds is 20. The normalized spacial score (nSPS) is 12.1. The molecule has 0 aliphatic rings.